The molecule has 0 amide bonds. The standard InChI is InChI=1S/C14H22N4/c1-5-16-14(12(4)18(15)17(16)6-2)13-10-8-7-9-11(13)3/h7-10H,5-6,15H2,1-4H3. The van der Waals surface area contributed by atoms with Crippen LogP contribution < -0.4 is 5.84 Å². The van der Waals surface area contributed by atoms with E-state index in [4.69, 9.17) is 5.84 Å². The number of aryl methyl sites for hydroxylation is 1. The van der Waals surface area contributed by atoms with Gasteiger partial charge in [0.05, 0.1) is 11.4 Å². The first-order valence-corrected chi connectivity index (χ1v) is 6.48. The van der Waals surface area contributed by atoms with Gasteiger partial charge in [0.2, 0.25) is 0 Å². The fourth-order valence-electron chi connectivity index (χ4n) is 2.52. The molecular weight excluding hydrogens is 224 g/mol. The van der Waals surface area contributed by atoms with Crippen molar-refractivity contribution in [3.05, 3.63) is 41.1 Å². The van der Waals surface area contributed by atoms with Gasteiger partial charge in [0.15, 0.2) is 0 Å². The Morgan fingerprint density at radius 2 is 1.72 bits per heavy atom. The van der Waals surface area contributed by atoms with E-state index < -0.39 is 0 Å². The van der Waals surface area contributed by atoms with Gasteiger partial charge < -0.3 is 0 Å². The fourth-order valence-corrected chi connectivity index (χ4v) is 2.52. The van der Waals surface area contributed by atoms with Crippen LogP contribution in [0, 0.1) is 6.92 Å². The summed E-state index contributed by atoms with van der Waals surface area (Å²) in [6.45, 7) is 10.2. The van der Waals surface area contributed by atoms with E-state index in [0.29, 0.717) is 0 Å². The van der Waals surface area contributed by atoms with E-state index >= 15 is 0 Å². The second-order valence-corrected chi connectivity index (χ2v) is 4.50. The number of nitrogens with two attached hydrogens (primary N) is 1. The highest BCUT2D eigenvalue weighted by Gasteiger charge is 2.32. The molecule has 1 heterocycles. The molecule has 0 aromatic heterocycles. The summed E-state index contributed by atoms with van der Waals surface area (Å²) in [6, 6.07) is 8.44. The molecule has 0 radical (unpaired) electrons. The Morgan fingerprint density at radius 1 is 1.06 bits per heavy atom. The Bertz CT molecular complexity index is 467. The summed E-state index contributed by atoms with van der Waals surface area (Å²) < 4.78 is 0. The highest BCUT2D eigenvalue weighted by atomic mass is 16.0. The molecule has 1 aliphatic rings. The normalized spacial score (nSPS) is 16.9. The molecule has 1 aromatic rings. The summed E-state index contributed by atoms with van der Waals surface area (Å²) in [5, 5.41) is 6.04. The summed E-state index contributed by atoms with van der Waals surface area (Å²) >= 11 is 0. The molecule has 0 atom stereocenters. The molecule has 0 aliphatic carbocycles. The molecule has 98 valence electrons. The van der Waals surface area contributed by atoms with E-state index in [1.807, 2.05) is 0 Å². The molecule has 0 saturated heterocycles. The third-order valence-electron chi connectivity index (χ3n) is 3.45. The van der Waals surface area contributed by atoms with Crippen molar-refractivity contribution in [1.29, 1.82) is 0 Å². The van der Waals surface area contributed by atoms with Crippen molar-refractivity contribution in [3.8, 4) is 0 Å². The Hall–Kier alpha value is -1.52. The minimum absolute atomic E-state index is 0.858. The second kappa shape index (κ2) is 5.00. The Labute approximate surface area is 109 Å². The van der Waals surface area contributed by atoms with Gasteiger partial charge in [-0.05, 0) is 33.3 Å². The maximum Gasteiger partial charge on any atom is 0.0835 e. The van der Waals surface area contributed by atoms with Crippen LogP contribution in [0.3, 0.4) is 0 Å². The fraction of sp³-hybridized carbons (Fsp3) is 0.429. The highest BCUT2D eigenvalue weighted by molar-refractivity contribution is 5.69. The lowest BCUT2D eigenvalue weighted by Gasteiger charge is -2.33. The quantitative estimate of drug-likeness (QED) is 0.830. The van der Waals surface area contributed by atoms with Crippen molar-refractivity contribution in [3.63, 3.8) is 0 Å². The highest BCUT2D eigenvalue weighted by Crippen LogP contribution is 2.33. The summed E-state index contributed by atoms with van der Waals surface area (Å²) in [4.78, 5) is 0. The number of hydrazine groups is 3. The first-order chi connectivity index (χ1) is 8.61. The topological polar surface area (TPSA) is 35.7 Å². The van der Waals surface area contributed by atoms with E-state index in [-0.39, 0.29) is 0 Å². The first kappa shape index (κ1) is 12.9. The van der Waals surface area contributed by atoms with Gasteiger partial charge in [-0.3, -0.25) is 5.01 Å². The molecule has 2 rings (SSSR count). The van der Waals surface area contributed by atoms with Crippen molar-refractivity contribution < 1.29 is 0 Å². The van der Waals surface area contributed by atoms with Crippen LogP contribution in [0.25, 0.3) is 5.70 Å². The van der Waals surface area contributed by atoms with Crippen LogP contribution in [0.1, 0.15) is 31.9 Å². The van der Waals surface area contributed by atoms with Crippen LogP contribution in [0.5, 0.6) is 0 Å². The first-order valence-electron chi connectivity index (χ1n) is 6.48. The van der Waals surface area contributed by atoms with E-state index in [9.17, 15) is 0 Å². The molecule has 4 heteroatoms. The smallest absolute Gasteiger partial charge is 0.0835 e. The Kier molecular flexibility index (Phi) is 3.59. The number of hydrogen-bond donors (Lipinski definition) is 1. The molecule has 0 bridgehead atoms. The van der Waals surface area contributed by atoms with Crippen molar-refractivity contribution in [2.75, 3.05) is 13.1 Å². The lowest BCUT2D eigenvalue weighted by Crippen LogP contribution is -2.48. The van der Waals surface area contributed by atoms with Gasteiger partial charge in [-0.1, -0.05) is 24.3 Å². The van der Waals surface area contributed by atoms with Gasteiger partial charge >= 0.3 is 0 Å². The molecule has 4 nitrogen and oxygen atoms in total. The summed E-state index contributed by atoms with van der Waals surface area (Å²) in [6.07, 6.45) is 0. The second-order valence-electron chi connectivity index (χ2n) is 4.50. The van der Waals surface area contributed by atoms with Crippen LogP contribution in [0.2, 0.25) is 0 Å². The third kappa shape index (κ3) is 1.87. The molecule has 0 saturated carbocycles. The molecule has 18 heavy (non-hydrogen) atoms. The summed E-state index contributed by atoms with van der Waals surface area (Å²) in [5.41, 5.74) is 4.83. The van der Waals surface area contributed by atoms with Gasteiger partial charge in [0, 0.05) is 18.7 Å². The number of benzene rings is 1. The van der Waals surface area contributed by atoms with Crippen LogP contribution in [0.4, 0.5) is 0 Å². The van der Waals surface area contributed by atoms with Gasteiger partial charge in [0.1, 0.15) is 0 Å². The van der Waals surface area contributed by atoms with Gasteiger partial charge in [0.25, 0.3) is 0 Å². The SMILES string of the molecule is CCN1C(c2ccccc2C)=C(C)N(N)N1CC. The Morgan fingerprint density at radius 3 is 2.28 bits per heavy atom. The largest absolute Gasteiger partial charge is 0.285 e. The monoisotopic (exact) mass is 246 g/mol. The van der Waals surface area contributed by atoms with E-state index in [2.05, 4.69) is 62.1 Å². The number of hydrogen-bond acceptors (Lipinski definition) is 4. The van der Waals surface area contributed by atoms with Gasteiger partial charge in [-0.25, -0.2) is 11.0 Å². The van der Waals surface area contributed by atoms with E-state index in [1.54, 1.807) is 5.12 Å². The lowest BCUT2D eigenvalue weighted by molar-refractivity contribution is -0.105. The summed E-state index contributed by atoms with van der Waals surface area (Å²) in [5.74, 6) is 6.14. The summed E-state index contributed by atoms with van der Waals surface area (Å²) in [7, 11) is 0. The van der Waals surface area contributed by atoms with Crippen molar-refractivity contribution >= 4 is 5.70 Å². The number of nitrogens with zero attached hydrogens (tertiary/aromatic N) is 3. The molecule has 1 aromatic carbocycles. The van der Waals surface area contributed by atoms with E-state index in [0.717, 1.165) is 18.8 Å². The Balaban J connectivity index is 2.51. The molecule has 1 aliphatic heterocycles. The predicted octanol–water partition coefficient (Wildman–Crippen LogP) is 2.35. The van der Waals surface area contributed by atoms with E-state index in [1.165, 1.54) is 16.8 Å². The maximum atomic E-state index is 6.14. The average molecular weight is 246 g/mol. The van der Waals surface area contributed by atoms with Crippen LogP contribution in [0.15, 0.2) is 30.0 Å². The van der Waals surface area contributed by atoms with Gasteiger partial charge in [-0.15, -0.1) is 5.12 Å². The third-order valence-corrected chi connectivity index (χ3v) is 3.45. The minimum Gasteiger partial charge on any atom is -0.285 e. The maximum absolute atomic E-state index is 6.14. The number of allylic oxidation sites excluding steroid dienone is 1. The molecule has 0 fully saturated rings. The van der Waals surface area contributed by atoms with Crippen molar-refractivity contribution in [2.24, 2.45) is 5.84 Å². The van der Waals surface area contributed by atoms with Crippen molar-refractivity contribution in [1.82, 2.24) is 15.2 Å². The molecule has 0 unspecified atom stereocenters. The molecule has 2 N–H and O–H groups in total. The minimum atomic E-state index is 0.858. The van der Waals surface area contributed by atoms with Crippen LogP contribution in [-0.4, -0.2) is 28.3 Å². The molecule has 0 spiro atoms. The zero-order valence-corrected chi connectivity index (χ0v) is 11.6. The zero-order chi connectivity index (χ0) is 13.3. The van der Waals surface area contributed by atoms with Crippen LogP contribution >= 0.6 is 0 Å². The molecular formula is C14H22N4. The average Bonchev–Trinajstić information content (AvgIpc) is 2.62. The van der Waals surface area contributed by atoms with Gasteiger partial charge in [-0.2, -0.15) is 0 Å². The van der Waals surface area contributed by atoms with Crippen molar-refractivity contribution in [2.45, 2.75) is 27.7 Å². The van der Waals surface area contributed by atoms with Crippen LogP contribution in [-0.2, 0) is 0 Å². The lowest BCUT2D eigenvalue weighted by atomic mass is 10.0. The predicted molar refractivity (Wildman–Crippen MR) is 74.6 cm³/mol. The zero-order valence-electron chi connectivity index (χ0n) is 11.6. The number of rotatable bonds is 3.